The zero-order valence-electron chi connectivity index (χ0n) is 84.9. The topological polar surface area (TPSA) is 334 Å². The Kier molecular flexibility index (Phi) is 43.4. The van der Waals surface area contributed by atoms with Crippen LogP contribution in [0.5, 0.6) is 0 Å². The summed E-state index contributed by atoms with van der Waals surface area (Å²) < 4.78 is 108. The predicted octanol–water partition coefficient (Wildman–Crippen LogP) is 19.1. The van der Waals surface area contributed by atoms with Crippen LogP contribution in [0.15, 0.2) is 175 Å². The average Bonchev–Trinajstić information content (AvgIpc) is 1.45. The minimum absolute atomic E-state index is 0. The van der Waals surface area contributed by atoms with E-state index in [1.54, 1.807) is 147 Å². The average molecular weight is 2080 g/mol. The van der Waals surface area contributed by atoms with E-state index < -0.39 is 109 Å². The summed E-state index contributed by atoms with van der Waals surface area (Å²) in [5.41, 5.74) is 16.1. The molecular weight excluding hydrogens is 1940 g/mol. The molecule has 0 spiro atoms. The van der Waals surface area contributed by atoms with Gasteiger partial charge in [-0.1, -0.05) is 94.6 Å². The van der Waals surface area contributed by atoms with Gasteiger partial charge in [0.15, 0.2) is 5.69 Å². The van der Waals surface area contributed by atoms with Crippen LogP contribution in [-0.2, 0) is 66.6 Å². The third kappa shape index (κ3) is 36.5. The first kappa shape index (κ1) is 118. The normalized spacial score (nSPS) is 14.8. The Morgan fingerprint density at radius 2 is 0.964 bits per heavy atom. The molecule has 3 fully saturated rings. The first-order chi connectivity index (χ1) is 63.5. The molecule has 3 amide bonds. The Balaban J connectivity index is 0.000000286. The van der Waals surface area contributed by atoms with Gasteiger partial charge in [-0.25, -0.2) is 59.0 Å². The summed E-state index contributed by atoms with van der Waals surface area (Å²) in [4.78, 5) is 62.1. The van der Waals surface area contributed by atoms with Crippen molar-refractivity contribution in [2.24, 2.45) is 22.2 Å². The van der Waals surface area contributed by atoms with Gasteiger partial charge >= 0.3 is 41.2 Å². The van der Waals surface area contributed by atoms with E-state index in [0.29, 0.717) is 52.3 Å². The molecule has 13 rings (SSSR count). The van der Waals surface area contributed by atoms with Crippen molar-refractivity contribution in [3.63, 3.8) is 0 Å². The molecule has 35 heteroatoms. The van der Waals surface area contributed by atoms with Crippen molar-refractivity contribution in [3.05, 3.63) is 273 Å². The largest absolute Gasteiger partial charge is 2.00 e. The number of hydrogen-bond acceptors (Lipinski definition) is 16. The fourth-order valence-corrected chi connectivity index (χ4v) is 17.8. The molecule has 5 atom stereocenters. The predicted molar refractivity (Wildman–Crippen MR) is 556 cm³/mol. The van der Waals surface area contributed by atoms with Gasteiger partial charge < -0.3 is 57.8 Å². The summed E-state index contributed by atoms with van der Waals surface area (Å²) in [6.45, 7) is 44.5. The molecule has 8 N–H and O–H groups in total. The zero-order chi connectivity index (χ0) is 100. The summed E-state index contributed by atoms with van der Waals surface area (Å²) in [7, 11) is -3.53. The number of anilines is 3. The number of aromatic carboxylic acids is 1. The van der Waals surface area contributed by atoms with E-state index in [1.807, 2.05) is 149 Å². The van der Waals surface area contributed by atoms with E-state index in [9.17, 15) is 45.7 Å². The number of alkyl carbamates (subject to hydrolysis) is 2. The molecule has 0 bridgehead atoms. The Bertz CT molecular complexity index is 5940. The number of carboxylic acids is 1. The molecule has 3 aliphatic rings. The number of nitrogen functional groups attached to an aromatic ring is 1. The number of amides is 3. The van der Waals surface area contributed by atoms with E-state index in [0.717, 1.165) is 107 Å². The maximum atomic E-state index is 15.6. The maximum Gasteiger partial charge on any atom is 2.00 e. The van der Waals surface area contributed by atoms with Crippen molar-refractivity contribution in [2.45, 2.75) is 285 Å². The molecule has 5 aromatic heterocycles. The van der Waals surface area contributed by atoms with Crippen LogP contribution in [0.1, 0.15) is 269 Å². The van der Waals surface area contributed by atoms with Crippen LogP contribution in [0.25, 0.3) is 11.4 Å². The van der Waals surface area contributed by atoms with E-state index in [-0.39, 0.29) is 98.9 Å². The number of carbonyl (C=O) groups excluding carboxylic acids is 3. The van der Waals surface area contributed by atoms with Gasteiger partial charge in [-0.2, -0.15) is 32.8 Å². The van der Waals surface area contributed by atoms with Crippen LogP contribution >= 0.6 is 12.4 Å². The second-order valence-corrected chi connectivity index (χ2v) is 52.0. The third-order valence-corrected chi connectivity index (χ3v) is 29.5. The van der Waals surface area contributed by atoms with Crippen molar-refractivity contribution >= 4 is 123 Å². The number of nitrogens with zero attached hydrogens (tertiary/aromatic N) is 9. The molecule has 0 aliphatic heterocycles. The quantitative estimate of drug-likeness (QED) is 0.00952. The Labute approximate surface area is 861 Å². The monoisotopic (exact) mass is 2080 g/mol. The van der Waals surface area contributed by atoms with E-state index >= 15 is 4.39 Å². The number of nitrogens with two attached hydrogens (primary N) is 1. The fraction of sp³-hybridized carbons (Fsp3) is 0.462. The van der Waals surface area contributed by atoms with Crippen LogP contribution in [0.4, 0.5) is 39.8 Å². The smallest absolute Gasteiger partial charge is 1.00 e. The molecule has 3 aliphatic carbocycles. The van der Waals surface area contributed by atoms with Gasteiger partial charge in [0.2, 0.25) is 0 Å². The van der Waals surface area contributed by atoms with Gasteiger partial charge in [0.25, 0.3) is 5.91 Å². The molecule has 5 aromatic carbocycles. The number of benzene rings is 5. The first-order valence-corrected chi connectivity index (χ1v) is 53.1. The number of aromatic nitrogens is 7. The van der Waals surface area contributed by atoms with Crippen molar-refractivity contribution in [1.29, 1.82) is 0 Å². The van der Waals surface area contributed by atoms with Crippen LogP contribution in [0.3, 0.4) is 0 Å². The third-order valence-electron chi connectivity index (χ3n) is 22.6. The van der Waals surface area contributed by atoms with Crippen LogP contribution in [0.2, 0.25) is 19.6 Å². The number of pyridine rings is 3. The second-order valence-electron chi connectivity index (χ2n) is 41.2. The summed E-state index contributed by atoms with van der Waals surface area (Å²) in [5.74, 6) is -0.690. The van der Waals surface area contributed by atoms with E-state index in [2.05, 4.69) is 80.6 Å². The summed E-state index contributed by atoms with van der Waals surface area (Å²) in [6, 6.07) is 46.5. The Hall–Kier alpha value is -9.37. The molecule has 3 saturated carbocycles. The molecule has 0 saturated heterocycles. The van der Waals surface area contributed by atoms with Crippen LogP contribution in [0, 0.1) is 75.9 Å². The Morgan fingerprint density at radius 1 is 0.540 bits per heavy atom. The minimum atomic E-state index is -1.49. The molecule has 10 aromatic rings. The fourth-order valence-electron chi connectivity index (χ4n) is 14.3. The number of carboxylic acid groups (broad SMARTS) is 1. The number of nitrogens with one attached hydrogen (secondary N) is 5. The molecule has 25 nitrogen and oxygen atoms in total. The number of halogens is 5. The van der Waals surface area contributed by atoms with Gasteiger partial charge in [-0.05, 0) is 338 Å². The zero-order valence-corrected chi connectivity index (χ0v) is 92.1. The van der Waals surface area contributed by atoms with Crippen molar-refractivity contribution < 1.29 is 76.5 Å². The summed E-state index contributed by atoms with van der Waals surface area (Å²) in [6.07, 6.45) is 17.0. The van der Waals surface area contributed by atoms with Crippen LogP contribution in [-0.4, -0.2) is 146 Å². The van der Waals surface area contributed by atoms with Gasteiger partial charge in [0.1, 0.15) is 47.8 Å². The molecule has 5 heterocycles. The number of hydrogen-bond donors (Lipinski definition) is 7. The maximum absolute atomic E-state index is 15.6. The van der Waals surface area contributed by atoms with Crippen molar-refractivity contribution in [2.75, 3.05) is 22.7 Å². The van der Waals surface area contributed by atoms with Gasteiger partial charge in [-0.3, -0.25) is 19.7 Å². The minimum Gasteiger partial charge on any atom is -1.00 e. The number of ether oxygens (including phenoxy) is 2. The van der Waals surface area contributed by atoms with Crippen molar-refractivity contribution in [3.8, 4) is 11.4 Å². The molecule has 139 heavy (non-hydrogen) atoms. The van der Waals surface area contributed by atoms with E-state index in [4.69, 9.17) is 15.2 Å². The van der Waals surface area contributed by atoms with Crippen molar-refractivity contribution in [1.82, 2.24) is 54.6 Å². The molecule has 0 radical (unpaired) electrons. The SMILES string of the molecule is CN(c1c[c-]ccc1F)[Si](C)(C)C.Cc1cc(C(=O)O)n(-c2cccc(CNC(=O)OC(C)(C)C)c2)n1.Cc1cc(C(CCC2CC2)(NS(=O)C(C)(C)C)c2ccc(F)c(N)c2)ccn1.Cc1cc(C(CCC2CC2)(N[S@](=O)C(C)(C)C)c2ccc(F)c(NC(=O)c3cc(C)nn3-c3cccc(CNC(=O)OC(C)(C)C)c3)c2)ccn1.Cc1cc(C(CCC2CC2)=NS(=O)C(C)(C)C)ccn1.Cl.[Br-].[Mg+2]. The summed E-state index contributed by atoms with van der Waals surface area (Å²) >= 11 is 0. The Morgan fingerprint density at radius 3 is 1.37 bits per heavy atom. The second kappa shape index (κ2) is 51.0. The van der Waals surface area contributed by atoms with Gasteiger partial charge in [0, 0.05) is 60.1 Å². The molecule has 4 unspecified atom stereocenters. The van der Waals surface area contributed by atoms with Gasteiger partial charge in [0.05, 0.1) is 87.1 Å². The first-order valence-electron chi connectivity index (χ1n) is 46.2. The number of aryl methyl sites for hydroxylation is 5. The van der Waals surface area contributed by atoms with Gasteiger partial charge in [-0.15, -0.1) is 18.5 Å². The number of rotatable bonds is 30. The number of carbonyl (C=O) groups is 4. The molecule has 750 valence electrons. The summed E-state index contributed by atoms with van der Waals surface area (Å²) in [5, 5.41) is 26.2. The molecular formula is C104H140BrClF3MgN15O10S3Si. The van der Waals surface area contributed by atoms with Crippen LogP contribution < -0.4 is 52.7 Å². The van der Waals surface area contributed by atoms with E-state index in [1.165, 1.54) is 59.3 Å². The standard InChI is InChI=1S/C39H49FN6O4S.C22H30FN3OS.C17H21N3O4.C16H24N2OS.C10H15FNSi.BrH.ClH.Mg/c1-25-20-30(17-19-41-25)39(18-16-27-12-13-27,45-51(49)38(6,7)8)29-14-15-32(40)33(23-29)43-35(47)34-21-26(2)44-46(34)31-11-9-10-28(22-31)24-42-36(48)50-37(3,4)5;1-15-13-18(10-12-25-15)22(11-9-16-5-6-16,26-28(27)21(2,3)4)17-7-8-19(23)20(24)14-17;1-11-8-14(15(21)22)20(19-11)13-7-5-6-12(9-13)10-18-16(23)24-17(2,3)4;1-12-11-14(9-10-17-12)15(8-7-13-5-6-13)18-20(19)16(2,3)4;1-12(13(2,3)4)10-8-6-5-7-9(10)11;;;/h9-11,14-15,17,19-23,27,45H,12-13,16,18,24H2,1-8H3,(H,42,48)(H,43,47);7-8,10,12-14,16,26H,5-6,9,11,24H2,1-4H3;5-9H,10H2,1-4H3,(H,18,23)(H,21,22);9-11,13H,5-8H2,1-4H3;5,7-8H,1-4H3;2*1H;/q;;;;-1;;;+2/p-1/t39?,51-;;;;;;;/m1......./s1.